The molecule has 0 unspecified atom stereocenters. The summed E-state index contributed by atoms with van der Waals surface area (Å²) in [6, 6.07) is 6.94. The summed E-state index contributed by atoms with van der Waals surface area (Å²) in [5.74, 6) is 0.461. The third-order valence-corrected chi connectivity index (χ3v) is 5.23. The number of benzene rings is 1. The maximum atomic E-state index is 11.3. The normalized spacial score (nSPS) is 17.5. The molecule has 0 radical (unpaired) electrons. The number of hydrogen-bond acceptors (Lipinski definition) is 5. The number of sulfonamides is 1. The number of nitrogens with zero attached hydrogens (tertiary/aromatic N) is 4. The van der Waals surface area contributed by atoms with Gasteiger partial charge >= 0.3 is 0 Å². The van der Waals surface area contributed by atoms with Crippen molar-refractivity contribution in [2.75, 3.05) is 13.1 Å². The zero-order valence-electron chi connectivity index (χ0n) is 13.1. The predicted octanol–water partition coefficient (Wildman–Crippen LogP) is 0.842. The summed E-state index contributed by atoms with van der Waals surface area (Å²) in [4.78, 5) is 4.12. The molecule has 1 aliphatic rings. The standard InChI is InChI=1S/C15H21N5O2S/c1-19-17-10-14(18-19)11-20-8-6-13(7-9-20)12-2-4-15(5-3-12)23(16,21)22/h2-5,10,13H,6-9,11H2,1H3,(H2,16,21,22). The second-order valence-electron chi connectivity index (χ2n) is 5.99. The quantitative estimate of drug-likeness (QED) is 0.893. The average molecular weight is 335 g/mol. The first-order valence-electron chi connectivity index (χ1n) is 7.62. The number of nitrogens with two attached hydrogens (primary N) is 1. The van der Waals surface area contributed by atoms with Gasteiger partial charge in [-0.15, -0.1) is 0 Å². The second-order valence-corrected chi connectivity index (χ2v) is 7.55. The van der Waals surface area contributed by atoms with Crippen molar-refractivity contribution in [2.45, 2.75) is 30.2 Å². The van der Waals surface area contributed by atoms with Gasteiger partial charge in [0, 0.05) is 13.6 Å². The molecule has 2 N–H and O–H groups in total. The fourth-order valence-electron chi connectivity index (χ4n) is 3.04. The highest BCUT2D eigenvalue weighted by atomic mass is 32.2. The number of piperidine rings is 1. The van der Waals surface area contributed by atoms with E-state index in [0.29, 0.717) is 5.92 Å². The summed E-state index contributed by atoms with van der Waals surface area (Å²) in [6.45, 7) is 2.82. The maximum absolute atomic E-state index is 11.3. The first kappa shape index (κ1) is 16.1. The van der Waals surface area contributed by atoms with E-state index in [1.165, 1.54) is 5.56 Å². The predicted molar refractivity (Wildman–Crippen MR) is 86.1 cm³/mol. The summed E-state index contributed by atoms with van der Waals surface area (Å²) in [5.41, 5.74) is 2.17. The lowest BCUT2D eigenvalue weighted by atomic mass is 9.89. The lowest BCUT2D eigenvalue weighted by Crippen LogP contribution is -2.32. The molecule has 23 heavy (non-hydrogen) atoms. The van der Waals surface area contributed by atoms with Crippen molar-refractivity contribution in [2.24, 2.45) is 12.2 Å². The molecule has 8 heteroatoms. The fraction of sp³-hybridized carbons (Fsp3) is 0.467. The second kappa shape index (κ2) is 6.38. The number of hydrogen-bond donors (Lipinski definition) is 1. The van der Waals surface area contributed by atoms with Crippen LogP contribution in [0.1, 0.15) is 30.0 Å². The number of primary sulfonamides is 1. The van der Waals surface area contributed by atoms with Crippen LogP contribution in [0.25, 0.3) is 0 Å². The molecule has 1 aromatic carbocycles. The molecule has 7 nitrogen and oxygen atoms in total. The van der Waals surface area contributed by atoms with Crippen LogP contribution in [0.2, 0.25) is 0 Å². The van der Waals surface area contributed by atoms with E-state index in [4.69, 9.17) is 5.14 Å². The first-order valence-corrected chi connectivity index (χ1v) is 9.17. The zero-order chi connectivity index (χ0) is 16.4. The Morgan fingerprint density at radius 2 is 1.87 bits per heavy atom. The van der Waals surface area contributed by atoms with Crippen molar-refractivity contribution in [3.05, 3.63) is 41.7 Å². The third kappa shape index (κ3) is 3.95. The van der Waals surface area contributed by atoms with Gasteiger partial charge in [-0.1, -0.05) is 12.1 Å². The van der Waals surface area contributed by atoms with Gasteiger partial charge in [0.1, 0.15) is 0 Å². The Morgan fingerprint density at radius 3 is 2.39 bits per heavy atom. The van der Waals surface area contributed by atoms with Crippen LogP contribution >= 0.6 is 0 Å². The highest BCUT2D eigenvalue weighted by molar-refractivity contribution is 7.89. The zero-order valence-corrected chi connectivity index (χ0v) is 13.9. The van der Waals surface area contributed by atoms with Gasteiger partial charge in [-0.05, 0) is 49.5 Å². The SMILES string of the molecule is Cn1ncc(CN2CCC(c3ccc(S(N)(=O)=O)cc3)CC2)n1. The van der Waals surface area contributed by atoms with Crippen molar-refractivity contribution in [1.82, 2.24) is 19.9 Å². The Bertz CT molecular complexity index is 761. The Morgan fingerprint density at radius 1 is 1.22 bits per heavy atom. The average Bonchev–Trinajstić information content (AvgIpc) is 2.92. The molecular weight excluding hydrogens is 314 g/mol. The minimum atomic E-state index is -3.61. The number of rotatable bonds is 4. The van der Waals surface area contributed by atoms with E-state index in [1.54, 1.807) is 23.1 Å². The molecule has 0 bridgehead atoms. The van der Waals surface area contributed by atoms with Crippen LogP contribution in [0.3, 0.4) is 0 Å². The van der Waals surface area contributed by atoms with E-state index in [0.717, 1.165) is 38.2 Å². The van der Waals surface area contributed by atoms with Gasteiger partial charge < -0.3 is 0 Å². The molecule has 0 aliphatic carbocycles. The van der Waals surface area contributed by atoms with E-state index >= 15 is 0 Å². The molecule has 0 spiro atoms. The van der Waals surface area contributed by atoms with E-state index in [9.17, 15) is 8.42 Å². The van der Waals surface area contributed by atoms with Crippen LogP contribution in [0.4, 0.5) is 0 Å². The summed E-state index contributed by atoms with van der Waals surface area (Å²) >= 11 is 0. The first-order chi connectivity index (χ1) is 10.9. The monoisotopic (exact) mass is 335 g/mol. The molecule has 0 amide bonds. The van der Waals surface area contributed by atoms with Gasteiger partial charge in [-0.2, -0.15) is 15.0 Å². The van der Waals surface area contributed by atoms with Crippen LogP contribution in [-0.4, -0.2) is 41.4 Å². The number of likely N-dealkylation sites (tertiary alicyclic amines) is 1. The summed E-state index contributed by atoms with van der Waals surface area (Å²) < 4.78 is 22.6. The topological polar surface area (TPSA) is 94.1 Å². The van der Waals surface area contributed by atoms with Crippen molar-refractivity contribution >= 4 is 10.0 Å². The molecule has 1 saturated heterocycles. The molecule has 0 saturated carbocycles. The Balaban J connectivity index is 1.58. The van der Waals surface area contributed by atoms with Gasteiger partial charge in [-0.25, -0.2) is 13.6 Å². The molecule has 1 fully saturated rings. The highest BCUT2D eigenvalue weighted by Gasteiger charge is 2.21. The van der Waals surface area contributed by atoms with Crippen LogP contribution in [-0.2, 0) is 23.6 Å². The summed E-state index contributed by atoms with van der Waals surface area (Å²) in [5, 5.41) is 13.5. The van der Waals surface area contributed by atoms with E-state index in [1.807, 2.05) is 19.2 Å². The molecule has 0 atom stereocenters. The van der Waals surface area contributed by atoms with Gasteiger partial charge in [-0.3, -0.25) is 4.90 Å². The fourth-order valence-corrected chi connectivity index (χ4v) is 3.56. The van der Waals surface area contributed by atoms with Gasteiger partial charge in [0.2, 0.25) is 10.0 Å². The molecule has 2 heterocycles. The molecular formula is C15H21N5O2S. The summed E-state index contributed by atoms with van der Waals surface area (Å²) in [7, 11) is -1.79. The van der Waals surface area contributed by atoms with Gasteiger partial charge in [0.15, 0.2) is 0 Å². The van der Waals surface area contributed by atoms with E-state index in [-0.39, 0.29) is 4.90 Å². The van der Waals surface area contributed by atoms with E-state index in [2.05, 4.69) is 15.1 Å². The Hall–Kier alpha value is -1.77. The van der Waals surface area contributed by atoms with Crippen molar-refractivity contribution in [3.8, 4) is 0 Å². The van der Waals surface area contributed by atoms with Crippen molar-refractivity contribution in [3.63, 3.8) is 0 Å². The van der Waals surface area contributed by atoms with Crippen LogP contribution in [0.15, 0.2) is 35.4 Å². The number of aryl methyl sites for hydroxylation is 1. The molecule has 1 aliphatic heterocycles. The molecule has 124 valence electrons. The minimum Gasteiger partial charge on any atom is -0.297 e. The number of aromatic nitrogens is 3. The Labute approximate surface area is 136 Å². The maximum Gasteiger partial charge on any atom is 0.238 e. The highest BCUT2D eigenvalue weighted by Crippen LogP contribution is 2.29. The lowest BCUT2D eigenvalue weighted by Gasteiger charge is -2.31. The third-order valence-electron chi connectivity index (χ3n) is 4.30. The van der Waals surface area contributed by atoms with Crippen LogP contribution in [0.5, 0.6) is 0 Å². The minimum absolute atomic E-state index is 0.168. The van der Waals surface area contributed by atoms with Crippen molar-refractivity contribution in [1.29, 1.82) is 0 Å². The largest absolute Gasteiger partial charge is 0.297 e. The Kier molecular flexibility index (Phi) is 4.47. The molecule has 3 rings (SSSR count). The smallest absolute Gasteiger partial charge is 0.238 e. The van der Waals surface area contributed by atoms with Crippen LogP contribution < -0.4 is 5.14 Å². The van der Waals surface area contributed by atoms with Gasteiger partial charge in [0.05, 0.1) is 16.8 Å². The van der Waals surface area contributed by atoms with Crippen LogP contribution in [0, 0.1) is 0 Å². The molecule has 1 aromatic heterocycles. The lowest BCUT2D eigenvalue weighted by molar-refractivity contribution is 0.202. The summed E-state index contributed by atoms with van der Waals surface area (Å²) in [6.07, 6.45) is 3.90. The van der Waals surface area contributed by atoms with E-state index < -0.39 is 10.0 Å². The van der Waals surface area contributed by atoms with Gasteiger partial charge in [0.25, 0.3) is 0 Å². The van der Waals surface area contributed by atoms with Crippen molar-refractivity contribution < 1.29 is 8.42 Å². The molecule has 2 aromatic rings.